The fraction of sp³-hybridized carbons (Fsp3) is 0.421. The molecule has 1 N–H and O–H groups in total. The van der Waals surface area contributed by atoms with Crippen LogP contribution in [-0.4, -0.2) is 34.1 Å². The summed E-state index contributed by atoms with van der Waals surface area (Å²) in [5, 5.41) is 10.9. The van der Waals surface area contributed by atoms with Crippen LogP contribution in [0.1, 0.15) is 18.4 Å². The number of piperidine rings is 3. The molecule has 4 heterocycles. The number of fused-ring (bicyclic) bond motifs is 4. The molecule has 4 atom stereocenters. The molecule has 0 saturated carbocycles. The van der Waals surface area contributed by atoms with Gasteiger partial charge in [0.15, 0.2) is 0 Å². The van der Waals surface area contributed by atoms with Crippen molar-refractivity contribution < 1.29 is 5.11 Å². The van der Waals surface area contributed by atoms with Gasteiger partial charge in [0.05, 0.1) is 5.52 Å². The van der Waals surface area contributed by atoms with Gasteiger partial charge in [-0.15, -0.1) is 6.58 Å². The molecular weight excluding hydrogens is 272 g/mol. The molecule has 3 aliphatic heterocycles. The number of phenolic OH excluding ortho intramolecular Hbond substituents is 1. The predicted molar refractivity (Wildman–Crippen MR) is 88.9 cm³/mol. The normalized spacial score (nSPS) is 30.5. The summed E-state index contributed by atoms with van der Waals surface area (Å²) in [4.78, 5) is 7.04. The molecule has 22 heavy (non-hydrogen) atoms. The highest BCUT2D eigenvalue weighted by atomic mass is 16.3. The quantitative estimate of drug-likeness (QED) is 0.882. The lowest BCUT2D eigenvalue weighted by atomic mass is 9.74. The highest BCUT2D eigenvalue weighted by molar-refractivity contribution is 5.83. The minimum absolute atomic E-state index is 0.318. The molecule has 1 aromatic carbocycles. The van der Waals surface area contributed by atoms with Crippen molar-refractivity contribution in [2.24, 2.45) is 11.8 Å². The zero-order valence-electron chi connectivity index (χ0n) is 12.8. The van der Waals surface area contributed by atoms with E-state index in [4.69, 9.17) is 0 Å². The standard InChI is InChI=1S/C19H22N2O/c1-2-13-12-21-8-6-14(13)9-16(21)10-15-5-7-20-19-4-3-17(22)11-18(15)19/h2-5,7,11,13-14,16,22H,1,6,8-10,12H2. The number of benzene rings is 1. The van der Waals surface area contributed by atoms with Crippen molar-refractivity contribution in [1.29, 1.82) is 0 Å². The van der Waals surface area contributed by atoms with E-state index in [0.717, 1.165) is 29.8 Å². The Morgan fingerprint density at radius 2 is 2.27 bits per heavy atom. The van der Waals surface area contributed by atoms with Crippen LogP contribution in [0.2, 0.25) is 0 Å². The van der Waals surface area contributed by atoms with Crippen molar-refractivity contribution in [2.45, 2.75) is 25.3 Å². The molecule has 3 nitrogen and oxygen atoms in total. The predicted octanol–water partition coefficient (Wildman–Crippen LogP) is 3.38. The van der Waals surface area contributed by atoms with E-state index < -0.39 is 0 Å². The molecule has 3 saturated heterocycles. The number of nitrogens with zero attached hydrogens (tertiary/aromatic N) is 2. The maximum Gasteiger partial charge on any atom is 0.116 e. The van der Waals surface area contributed by atoms with Gasteiger partial charge < -0.3 is 5.11 Å². The van der Waals surface area contributed by atoms with Gasteiger partial charge in [-0.2, -0.15) is 0 Å². The first kappa shape index (κ1) is 13.8. The van der Waals surface area contributed by atoms with E-state index in [2.05, 4.69) is 28.6 Å². The SMILES string of the molecule is C=CC1CN2CCC1CC2Cc1ccnc2ccc(O)cc12. The fourth-order valence-corrected chi connectivity index (χ4v) is 4.28. The second-order valence-electron chi connectivity index (χ2n) is 6.71. The summed E-state index contributed by atoms with van der Waals surface area (Å²) in [7, 11) is 0. The zero-order chi connectivity index (χ0) is 15.1. The third-order valence-corrected chi connectivity index (χ3v) is 5.50. The van der Waals surface area contributed by atoms with Gasteiger partial charge in [0.2, 0.25) is 0 Å². The Kier molecular flexibility index (Phi) is 3.38. The first-order valence-corrected chi connectivity index (χ1v) is 8.18. The molecule has 0 aliphatic carbocycles. The van der Waals surface area contributed by atoms with E-state index >= 15 is 0 Å². The highest BCUT2D eigenvalue weighted by Crippen LogP contribution is 2.38. The third-order valence-electron chi connectivity index (χ3n) is 5.50. The maximum absolute atomic E-state index is 9.78. The number of hydrogen-bond acceptors (Lipinski definition) is 3. The Labute approximate surface area is 131 Å². The summed E-state index contributed by atoms with van der Waals surface area (Å²) in [6.45, 7) is 6.38. The van der Waals surface area contributed by atoms with Crippen LogP contribution in [0.3, 0.4) is 0 Å². The van der Waals surface area contributed by atoms with E-state index in [-0.39, 0.29) is 0 Å². The summed E-state index contributed by atoms with van der Waals surface area (Å²) >= 11 is 0. The monoisotopic (exact) mass is 294 g/mol. The Hall–Kier alpha value is -1.87. The number of phenols is 1. The smallest absolute Gasteiger partial charge is 0.116 e. The second kappa shape index (κ2) is 5.40. The second-order valence-corrected chi connectivity index (χ2v) is 6.71. The first-order chi connectivity index (χ1) is 10.7. The van der Waals surface area contributed by atoms with E-state index in [1.807, 2.05) is 18.3 Å². The van der Waals surface area contributed by atoms with Gasteiger partial charge in [-0.3, -0.25) is 9.88 Å². The summed E-state index contributed by atoms with van der Waals surface area (Å²) < 4.78 is 0. The Balaban J connectivity index is 1.62. The van der Waals surface area contributed by atoms with E-state index in [1.165, 1.54) is 24.9 Å². The molecule has 0 radical (unpaired) electrons. The molecule has 0 amide bonds. The van der Waals surface area contributed by atoms with E-state index in [9.17, 15) is 5.11 Å². The molecule has 0 spiro atoms. The zero-order valence-corrected chi connectivity index (χ0v) is 12.8. The summed E-state index contributed by atoms with van der Waals surface area (Å²) in [5.41, 5.74) is 2.27. The van der Waals surface area contributed by atoms with E-state index in [1.54, 1.807) is 6.07 Å². The molecule has 5 rings (SSSR count). The number of aromatic nitrogens is 1. The first-order valence-electron chi connectivity index (χ1n) is 8.18. The van der Waals surface area contributed by atoms with Gasteiger partial charge in [-0.05, 0) is 67.5 Å². The van der Waals surface area contributed by atoms with Gasteiger partial charge in [-0.25, -0.2) is 0 Å². The Bertz CT molecular complexity index is 712. The van der Waals surface area contributed by atoms with Crippen LogP contribution < -0.4 is 0 Å². The largest absolute Gasteiger partial charge is 0.508 e. The fourth-order valence-electron chi connectivity index (χ4n) is 4.28. The van der Waals surface area contributed by atoms with Crippen molar-refractivity contribution >= 4 is 10.9 Å². The van der Waals surface area contributed by atoms with Gasteiger partial charge in [0, 0.05) is 24.2 Å². The van der Waals surface area contributed by atoms with Gasteiger partial charge in [0.1, 0.15) is 5.75 Å². The lowest BCUT2D eigenvalue weighted by Crippen LogP contribution is -2.53. The average Bonchev–Trinajstić information content (AvgIpc) is 2.56. The molecule has 3 aliphatic rings. The number of aromatic hydroxyl groups is 1. The van der Waals surface area contributed by atoms with Crippen molar-refractivity contribution in [3.63, 3.8) is 0 Å². The summed E-state index contributed by atoms with van der Waals surface area (Å²) in [6, 6.07) is 8.18. The van der Waals surface area contributed by atoms with Crippen molar-refractivity contribution in [1.82, 2.24) is 9.88 Å². The summed E-state index contributed by atoms with van der Waals surface area (Å²) in [5.74, 6) is 1.79. The van der Waals surface area contributed by atoms with Crippen molar-refractivity contribution in [3.05, 3.63) is 48.7 Å². The van der Waals surface area contributed by atoms with Crippen LogP contribution in [0, 0.1) is 11.8 Å². The van der Waals surface area contributed by atoms with E-state index in [0.29, 0.717) is 17.7 Å². The summed E-state index contributed by atoms with van der Waals surface area (Å²) in [6.07, 6.45) is 7.65. The van der Waals surface area contributed by atoms with Crippen LogP contribution >= 0.6 is 0 Å². The highest BCUT2D eigenvalue weighted by Gasteiger charge is 2.38. The number of rotatable bonds is 3. The molecular formula is C19H22N2O. The molecule has 1 aromatic heterocycles. The van der Waals surface area contributed by atoms with Crippen LogP contribution in [0.4, 0.5) is 0 Å². The average molecular weight is 294 g/mol. The maximum atomic E-state index is 9.78. The number of hydrogen-bond donors (Lipinski definition) is 1. The molecule has 3 fully saturated rings. The van der Waals surface area contributed by atoms with Gasteiger partial charge in [0.25, 0.3) is 0 Å². The molecule has 4 unspecified atom stereocenters. The minimum atomic E-state index is 0.318. The topological polar surface area (TPSA) is 36.4 Å². The Morgan fingerprint density at radius 1 is 1.36 bits per heavy atom. The van der Waals surface area contributed by atoms with Crippen LogP contribution in [-0.2, 0) is 6.42 Å². The molecule has 114 valence electrons. The van der Waals surface area contributed by atoms with Crippen molar-refractivity contribution in [2.75, 3.05) is 13.1 Å². The van der Waals surface area contributed by atoms with Crippen LogP contribution in [0.5, 0.6) is 5.75 Å². The number of pyridine rings is 1. The van der Waals surface area contributed by atoms with Crippen molar-refractivity contribution in [3.8, 4) is 5.75 Å². The van der Waals surface area contributed by atoms with Gasteiger partial charge in [-0.1, -0.05) is 6.08 Å². The minimum Gasteiger partial charge on any atom is -0.508 e. The third kappa shape index (κ3) is 2.30. The molecule has 3 heteroatoms. The van der Waals surface area contributed by atoms with Crippen LogP contribution in [0.25, 0.3) is 10.9 Å². The molecule has 2 aromatic rings. The molecule has 2 bridgehead atoms. The van der Waals surface area contributed by atoms with Gasteiger partial charge >= 0.3 is 0 Å². The lowest BCUT2D eigenvalue weighted by Gasteiger charge is -2.49. The lowest BCUT2D eigenvalue weighted by molar-refractivity contribution is 0.0196. The Morgan fingerprint density at radius 3 is 3.05 bits per heavy atom. The van der Waals surface area contributed by atoms with Crippen LogP contribution in [0.15, 0.2) is 43.1 Å².